The molecule has 0 saturated heterocycles. The van der Waals surface area contributed by atoms with Crippen LogP contribution in [-0.2, 0) is 11.2 Å². The molecule has 112 valence electrons. The van der Waals surface area contributed by atoms with Crippen LogP contribution in [0, 0.1) is 0 Å². The Kier molecular flexibility index (Phi) is 5.34. The van der Waals surface area contributed by atoms with Crippen LogP contribution in [0.15, 0.2) is 30.6 Å². The van der Waals surface area contributed by atoms with Crippen LogP contribution in [0.25, 0.3) is 0 Å². The number of nitrogens with one attached hydrogen (secondary N) is 1. The number of rotatable bonds is 7. The Morgan fingerprint density at radius 1 is 1.19 bits per heavy atom. The number of aromatic nitrogens is 2. The van der Waals surface area contributed by atoms with Gasteiger partial charge in [-0.1, -0.05) is 19.1 Å². The third-order valence-electron chi connectivity index (χ3n) is 2.99. The standard InChI is InChI=1S/C15H20N4O2/c1-3-11-4-6-12(7-5-11)21-15-13(16)14(18-10-19-15)17-8-9-20-2/h4-7,10H,3,8-9,16H2,1-2H3,(H,17,18,19). The first kappa shape index (κ1) is 15.1. The van der Waals surface area contributed by atoms with E-state index in [1.54, 1.807) is 7.11 Å². The Hall–Kier alpha value is -2.34. The number of nitrogens with two attached hydrogens (primary N) is 1. The van der Waals surface area contributed by atoms with Gasteiger partial charge in [0.15, 0.2) is 5.82 Å². The summed E-state index contributed by atoms with van der Waals surface area (Å²) in [5.74, 6) is 1.58. The lowest BCUT2D eigenvalue weighted by molar-refractivity contribution is 0.210. The third kappa shape index (κ3) is 4.06. The molecule has 0 amide bonds. The number of methoxy groups -OCH3 is 1. The molecule has 0 aliphatic rings. The van der Waals surface area contributed by atoms with E-state index in [1.807, 2.05) is 24.3 Å². The van der Waals surface area contributed by atoms with Gasteiger partial charge in [0.2, 0.25) is 5.88 Å². The van der Waals surface area contributed by atoms with Gasteiger partial charge in [0.25, 0.3) is 0 Å². The summed E-state index contributed by atoms with van der Waals surface area (Å²) < 4.78 is 10.7. The summed E-state index contributed by atoms with van der Waals surface area (Å²) in [6.45, 7) is 3.29. The lowest BCUT2D eigenvalue weighted by atomic mass is 10.2. The number of aryl methyl sites for hydroxylation is 1. The highest BCUT2D eigenvalue weighted by molar-refractivity contribution is 5.66. The molecule has 3 N–H and O–H groups in total. The minimum Gasteiger partial charge on any atom is -0.437 e. The van der Waals surface area contributed by atoms with Crippen LogP contribution in [0.5, 0.6) is 11.6 Å². The van der Waals surface area contributed by atoms with Crippen molar-refractivity contribution in [2.75, 3.05) is 31.3 Å². The average Bonchev–Trinajstić information content (AvgIpc) is 2.52. The first-order chi connectivity index (χ1) is 10.2. The summed E-state index contributed by atoms with van der Waals surface area (Å²) >= 11 is 0. The van der Waals surface area contributed by atoms with Gasteiger partial charge < -0.3 is 20.5 Å². The van der Waals surface area contributed by atoms with Crippen LogP contribution in [-0.4, -0.2) is 30.2 Å². The van der Waals surface area contributed by atoms with Gasteiger partial charge in [-0.3, -0.25) is 0 Å². The fraction of sp³-hybridized carbons (Fsp3) is 0.333. The highest BCUT2D eigenvalue weighted by Gasteiger charge is 2.09. The summed E-state index contributed by atoms with van der Waals surface area (Å²) in [6, 6.07) is 7.84. The van der Waals surface area contributed by atoms with Crippen LogP contribution >= 0.6 is 0 Å². The van der Waals surface area contributed by atoms with Crippen molar-refractivity contribution >= 4 is 11.5 Å². The average molecular weight is 288 g/mol. The number of nitrogens with zero attached hydrogens (tertiary/aromatic N) is 2. The molecule has 1 heterocycles. The van der Waals surface area contributed by atoms with E-state index in [9.17, 15) is 0 Å². The zero-order chi connectivity index (χ0) is 15.1. The normalized spacial score (nSPS) is 10.4. The Morgan fingerprint density at radius 3 is 2.62 bits per heavy atom. The molecule has 6 nitrogen and oxygen atoms in total. The van der Waals surface area contributed by atoms with Gasteiger partial charge in [-0.05, 0) is 24.1 Å². The monoisotopic (exact) mass is 288 g/mol. The summed E-state index contributed by atoms with van der Waals surface area (Å²) in [5.41, 5.74) is 7.65. The summed E-state index contributed by atoms with van der Waals surface area (Å²) in [6.07, 6.45) is 2.41. The topological polar surface area (TPSA) is 82.3 Å². The number of ether oxygens (including phenoxy) is 2. The first-order valence-electron chi connectivity index (χ1n) is 6.84. The van der Waals surface area contributed by atoms with Crippen LogP contribution in [0.1, 0.15) is 12.5 Å². The Balaban J connectivity index is 2.10. The smallest absolute Gasteiger partial charge is 0.248 e. The van der Waals surface area contributed by atoms with Crippen molar-refractivity contribution < 1.29 is 9.47 Å². The van der Waals surface area contributed by atoms with Crippen molar-refractivity contribution in [2.45, 2.75) is 13.3 Å². The molecule has 21 heavy (non-hydrogen) atoms. The van der Waals surface area contributed by atoms with Gasteiger partial charge in [-0.25, -0.2) is 4.98 Å². The van der Waals surface area contributed by atoms with Crippen LogP contribution in [0.3, 0.4) is 0 Å². The molecular weight excluding hydrogens is 268 g/mol. The van der Waals surface area contributed by atoms with Gasteiger partial charge in [0.1, 0.15) is 17.8 Å². The maximum atomic E-state index is 6.02. The van der Waals surface area contributed by atoms with Crippen molar-refractivity contribution in [3.8, 4) is 11.6 Å². The number of nitrogen functional groups attached to an aromatic ring is 1. The van der Waals surface area contributed by atoms with Crippen molar-refractivity contribution in [1.82, 2.24) is 9.97 Å². The van der Waals surface area contributed by atoms with E-state index in [1.165, 1.54) is 11.9 Å². The summed E-state index contributed by atoms with van der Waals surface area (Å²) in [5, 5.41) is 3.08. The molecule has 0 unspecified atom stereocenters. The molecule has 2 aromatic rings. The molecule has 1 aromatic carbocycles. The van der Waals surface area contributed by atoms with E-state index in [2.05, 4.69) is 22.2 Å². The van der Waals surface area contributed by atoms with E-state index in [0.717, 1.165) is 6.42 Å². The molecular formula is C15H20N4O2. The van der Waals surface area contributed by atoms with E-state index in [-0.39, 0.29) is 0 Å². The zero-order valence-corrected chi connectivity index (χ0v) is 12.3. The number of hydrogen-bond acceptors (Lipinski definition) is 6. The molecule has 6 heteroatoms. The Labute approximate surface area is 124 Å². The van der Waals surface area contributed by atoms with Gasteiger partial charge in [-0.2, -0.15) is 4.98 Å². The third-order valence-corrected chi connectivity index (χ3v) is 2.99. The second-order valence-corrected chi connectivity index (χ2v) is 4.46. The maximum absolute atomic E-state index is 6.02. The molecule has 2 rings (SSSR count). The summed E-state index contributed by atoms with van der Waals surface area (Å²) in [4.78, 5) is 8.17. The van der Waals surface area contributed by atoms with E-state index < -0.39 is 0 Å². The minimum absolute atomic E-state index is 0.342. The largest absolute Gasteiger partial charge is 0.437 e. The quantitative estimate of drug-likeness (QED) is 0.762. The van der Waals surface area contributed by atoms with Crippen molar-refractivity contribution in [2.24, 2.45) is 0 Å². The lowest BCUT2D eigenvalue weighted by Gasteiger charge is -2.11. The lowest BCUT2D eigenvalue weighted by Crippen LogP contribution is -2.11. The first-order valence-corrected chi connectivity index (χ1v) is 6.84. The zero-order valence-electron chi connectivity index (χ0n) is 12.3. The molecule has 0 saturated carbocycles. The fourth-order valence-electron chi connectivity index (χ4n) is 1.78. The molecule has 0 atom stereocenters. The SMILES string of the molecule is CCc1ccc(Oc2ncnc(NCCOC)c2N)cc1. The molecule has 0 spiro atoms. The molecule has 0 bridgehead atoms. The predicted molar refractivity (Wildman–Crippen MR) is 82.7 cm³/mol. The summed E-state index contributed by atoms with van der Waals surface area (Å²) in [7, 11) is 1.64. The van der Waals surface area contributed by atoms with Crippen molar-refractivity contribution in [3.05, 3.63) is 36.2 Å². The highest BCUT2D eigenvalue weighted by Crippen LogP contribution is 2.29. The molecule has 0 aliphatic heterocycles. The van der Waals surface area contributed by atoms with Crippen LogP contribution in [0.4, 0.5) is 11.5 Å². The molecule has 1 aromatic heterocycles. The van der Waals surface area contributed by atoms with E-state index >= 15 is 0 Å². The van der Waals surface area contributed by atoms with Crippen molar-refractivity contribution in [3.63, 3.8) is 0 Å². The van der Waals surface area contributed by atoms with Gasteiger partial charge in [-0.15, -0.1) is 0 Å². The Morgan fingerprint density at radius 2 is 1.95 bits per heavy atom. The molecule has 0 aliphatic carbocycles. The maximum Gasteiger partial charge on any atom is 0.248 e. The molecule has 0 radical (unpaired) electrons. The van der Waals surface area contributed by atoms with E-state index in [0.29, 0.717) is 36.3 Å². The highest BCUT2D eigenvalue weighted by atomic mass is 16.5. The second kappa shape index (κ2) is 7.44. The van der Waals surface area contributed by atoms with Crippen LogP contribution < -0.4 is 15.8 Å². The molecule has 0 fully saturated rings. The van der Waals surface area contributed by atoms with Crippen LogP contribution in [0.2, 0.25) is 0 Å². The van der Waals surface area contributed by atoms with Gasteiger partial charge in [0.05, 0.1) is 6.61 Å². The van der Waals surface area contributed by atoms with Gasteiger partial charge in [0, 0.05) is 13.7 Å². The number of anilines is 2. The minimum atomic E-state index is 0.342. The van der Waals surface area contributed by atoms with Gasteiger partial charge >= 0.3 is 0 Å². The Bertz CT molecular complexity index is 572. The fourth-order valence-corrected chi connectivity index (χ4v) is 1.78. The number of benzene rings is 1. The predicted octanol–water partition coefficient (Wildman–Crippen LogP) is 2.47. The van der Waals surface area contributed by atoms with Crippen molar-refractivity contribution in [1.29, 1.82) is 0 Å². The second-order valence-electron chi connectivity index (χ2n) is 4.46. The number of hydrogen-bond donors (Lipinski definition) is 2. The van der Waals surface area contributed by atoms with E-state index in [4.69, 9.17) is 15.2 Å².